The number of nitrogens with zero attached hydrogens (tertiary/aromatic N) is 2. The topological polar surface area (TPSA) is 49.9 Å². The van der Waals surface area contributed by atoms with Crippen LogP contribution in [0.4, 0.5) is 0 Å². The van der Waals surface area contributed by atoms with E-state index in [4.69, 9.17) is 0 Å². The molecule has 0 radical (unpaired) electrons. The molecule has 1 aliphatic heterocycles. The molecule has 1 amide bonds. The lowest BCUT2D eigenvalue weighted by molar-refractivity contribution is -0.141. The molecule has 1 heterocycles. The summed E-state index contributed by atoms with van der Waals surface area (Å²) in [5.41, 5.74) is 0. The number of rotatable bonds is 6. The zero-order chi connectivity index (χ0) is 14.3. The molecule has 0 N–H and O–H groups in total. The van der Waals surface area contributed by atoms with E-state index >= 15 is 0 Å². The molecule has 0 aliphatic carbocycles. The van der Waals surface area contributed by atoms with Crippen LogP contribution < -0.4 is 0 Å². The van der Waals surface area contributed by atoms with E-state index in [1.54, 1.807) is 0 Å². The minimum absolute atomic E-state index is 0.171. The van der Waals surface area contributed by atoms with Crippen LogP contribution in [0, 0.1) is 5.92 Å². The molecule has 0 saturated carbocycles. The molecule has 0 aromatic heterocycles. The number of hydrogen-bond donors (Lipinski definition) is 0. The molecule has 1 unspecified atom stereocenters. The fraction of sp³-hybridized carbons (Fsp3) is 0.857. The van der Waals surface area contributed by atoms with E-state index in [0.29, 0.717) is 18.8 Å². The third kappa shape index (κ3) is 5.59. The summed E-state index contributed by atoms with van der Waals surface area (Å²) in [6.45, 7) is 8.20. The fourth-order valence-electron chi connectivity index (χ4n) is 2.14. The van der Waals surface area contributed by atoms with E-state index in [-0.39, 0.29) is 11.9 Å². The number of amides is 1. The van der Waals surface area contributed by atoms with E-state index < -0.39 is 0 Å². The Hall–Kier alpha value is -1.10. The molecular weight excluding hydrogens is 244 g/mol. The van der Waals surface area contributed by atoms with Gasteiger partial charge in [0.1, 0.15) is 0 Å². The van der Waals surface area contributed by atoms with Gasteiger partial charge in [-0.25, -0.2) is 0 Å². The van der Waals surface area contributed by atoms with Crippen molar-refractivity contribution in [1.29, 1.82) is 0 Å². The molecule has 5 nitrogen and oxygen atoms in total. The zero-order valence-electron chi connectivity index (χ0n) is 12.4. The minimum Gasteiger partial charge on any atom is -0.469 e. The van der Waals surface area contributed by atoms with Gasteiger partial charge in [0.2, 0.25) is 5.91 Å². The van der Waals surface area contributed by atoms with Crippen LogP contribution in [0.15, 0.2) is 0 Å². The Kier molecular flexibility index (Phi) is 6.84. The second-order valence-electron chi connectivity index (χ2n) is 5.27. The smallest absolute Gasteiger partial charge is 0.306 e. The van der Waals surface area contributed by atoms with Gasteiger partial charge in [-0.3, -0.25) is 14.5 Å². The highest BCUT2D eigenvalue weighted by atomic mass is 16.5. The maximum atomic E-state index is 12.0. The predicted molar refractivity (Wildman–Crippen MR) is 73.7 cm³/mol. The van der Waals surface area contributed by atoms with Crippen molar-refractivity contribution in [1.82, 2.24) is 9.80 Å². The van der Waals surface area contributed by atoms with Gasteiger partial charge in [0, 0.05) is 39.1 Å². The summed E-state index contributed by atoms with van der Waals surface area (Å²) in [5.74, 6) is 0.557. The average Bonchev–Trinajstić information content (AvgIpc) is 2.44. The van der Waals surface area contributed by atoms with Gasteiger partial charge >= 0.3 is 5.97 Å². The third-order valence-electron chi connectivity index (χ3n) is 3.80. The van der Waals surface area contributed by atoms with Crippen LogP contribution >= 0.6 is 0 Å². The maximum Gasteiger partial charge on any atom is 0.306 e. The van der Waals surface area contributed by atoms with Crippen molar-refractivity contribution in [2.24, 2.45) is 5.92 Å². The Morgan fingerprint density at radius 2 is 1.84 bits per heavy atom. The van der Waals surface area contributed by atoms with Crippen LogP contribution in [0.1, 0.15) is 33.1 Å². The van der Waals surface area contributed by atoms with Crippen molar-refractivity contribution in [3.63, 3.8) is 0 Å². The lowest BCUT2D eigenvalue weighted by Gasteiger charge is -2.35. The molecule has 110 valence electrons. The Morgan fingerprint density at radius 3 is 2.37 bits per heavy atom. The molecule has 1 atom stereocenters. The Labute approximate surface area is 115 Å². The number of methoxy groups -OCH3 is 1. The SMILES string of the molecule is CCC(C)CC(=O)N1CCN(CCC(=O)OC)CC1. The minimum atomic E-state index is -0.171. The quantitative estimate of drug-likeness (QED) is 0.679. The Morgan fingerprint density at radius 1 is 1.21 bits per heavy atom. The molecule has 1 saturated heterocycles. The van der Waals surface area contributed by atoms with Gasteiger partial charge in [0.15, 0.2) is 0 Å². The van der Waals surface area contributed by atoms with Crippen molar-refractivity contribution in [3.05, 3.63) is 0 Å². The summed E-state index contributed by atoms with van der Waals surface area (Å²) in [4.78, 5) is 27.2. The molecule has 1 aliphatic rings. The highest BCUT2D eigenvalue weighted by Gasteiger charge is 2.22. The highest BCUT2D eigenvalue weighted by Crippen LogP contribution is 2.11. The summed E-state index contributed by atoms with van der Waals surface area (Å²) < 4.78 is 4.63. The monoisotopic (exact) mass is 270 g/mol. The summed E-state index contributed by atoms with van der Waals surface area (Å²) in [6.07, 6.45) is 2.13. The molecule has 1 rings (SSSR count). The van der Waals surface area contributed by atoms with Gasteiger partial charge in [-0.15, -0.1) is 0 Å². The lowest BCUT2D eigenvalue weighted by atomic mass is 10.0. The normalized spacial score (nSPS) is 18.2. The highest BCUT2D eigenvalue weighted by molar-refractivity contribution is 5.76. The van der Waals surface area contributed by atoms with Gasteiger partial charge in [-0.05, 0) is 5.92 Å². The fourth-order valence-corrected chi connectivity index (χ4v) is 2.14. The van der Waals surface area contributed by atoms with E-state index in [1.165, 1.54) is 7.11 Å². The van der Waals surface area contributed by atoms with Crippen LogP contribution in [0.5, 0.6) is 0 Å². The second kappa shape index (κ2) is 8.15. The van der Waals surface area contributed by atoms with E-state index in [0.717, 1.165) is 39.1 Å². The van der Waals surface area contributed by atoms with Crippen LogP contribution in [0.2, 0.25) is 0 Å². The first-order valence-electron chi connectivity index (χ1n) is 7.13. The van der Waals surface area contributed by atoms with E-state index in [2.05, 4.69) is 23.5 Å². The lowest BCUT2D eigenvalue weighted by Crippen LogP contribution is -2.49. The van der Waals surface area contributed by atoms with Crippen LogP contribution in [-0.4, -0.2) is 61.5 Å². The largest absolute Gasteiger partial charge is 0.469 e. The number of piperazine rings is 1. The average molecular weight is 270 g/mol. The third-order valence-corrected chi connectivity index (χ3v) is 3.80. The molecular formula is C14H26N2O3. The van der Waals surface area contributed by atoms with Gasteiger partial charge < -0.3 is 9.64 Å². The molecule has 0 bridgehead atoms. The van der Waals surface area contributed by atoms with Gasteiger partial charge in [0.05, 0.1) is 13.5 Å². The van der Waals surface area contributed by atoms with Crippen molar-refractivity contribution in [2.45, 2.75) is 33.1 Å². The standard InChI is InChI=1S/C14H26N2O3/c1-4-12(2)11-13(17)16-9-7-15(8-10-16)6-5-14(18)19-3/h12H,4-11H2,1-3H3. The van der Waals surface area contributed by atoms with Gasteiger partial charge in [-0.1, -0.05) is 20.3 Å². The van der Waals surface area contributed by atoms with Crippen molar-refractivity contribution < 1.29 is 14.3 Å². The van der Waals surface area contributed by atoms with Crippen LogP contribution in [-0.2, 0) is 14.3 Å². The molecule has 19 heavy (non-hydrogen) atoms. The summed E-state index contributed by atoms with van der Waals surface area (Å²) >= 11 is 0. The number of hydrogen-bond acceptors (Lipinski definition) is 4. The van der Waals surface area contributed by atoms with E-state index in [9.17, 15) is 9.59 Å². The maximum absolute atomic E-state index is 12.0. The summed E-state index contributed by atoms with van der Waals surface area (Å²) in [5, 5.41) is 0. The molecule has 5 heteroatoms. The molecule has 0 spiro atoms. The number of carbonyl (C=O) groups excluding carboxylic acids is 2. The van der Waals surface area contributed by atoms with Crippen molar-refractivity contribution >= 4 is 11.9 Å². The van der Waals surface area contributed by atoms with E-state index in [1.807, 2.05) is 4.90 Å². The van der Waals surface area contributed by atoms with Crippen LogP contribution in [0.3, 0.4) is 0 Å². The molecule has 0 aromatic carbocycles. The molecule has 0 aromatic rings. The van der Waals surface area contributed by atoms with Gasteiger partial charge in [-0.2, -0.15) is 0 Å². The first-order valence-corrected chi connectivity index (χ1v) is 7.13. The number of carbonyl (C=O) groups is 2. The first kappa shape index (κ1) is 16.0. The Bertz CT molecular complexity index is 299. The summed E-state index contributed by atoms with van der Waals surface area (Å²) in [7, 11) is 1.41. The van der Waals surface area contributed by atoms with Crippen molar-refractivity contribution in [2.75, 3.05) is 39.8 Å². The van der Waals surface area contributed by atoms with Crippen molar-refractivity contribution in [3.8, 4) is 0 Å². The summed E-state index contributed by atoms with van der Waals surface area (Å²) in [6, 6.07) is 0. The predicted octanol–water partition coefficient (Wildman–Crippen LogP) is 1.13. The van der Waals surface area contributed by atoms with Crippen LogP contribution in [0.25, 0.3) is 0 Å². The zero-order valence-corrected chi connectivity index (χ0v) is 12.4. The number of esters is 1. The molecule has 1 fully saturated rings. The Balaban J connectivity index is 2.24. The first-order chi connectivity index (χ1) is 9.06. The number of ether oxygens (including phenoxy) is 1. The van der Waals surface area contributed by atoms with Gasteiger partial charge in [0.25, 0.3) is 0 Å². The second-order valence-corrected chi connectivity index (χ2v) is 5.27.